The summed E-state index contributed by atoms with van der Waals surface area (Å²) in [6.07, 6.45) is 15.2. The Morgan fingerprint density at radius 1 is 1.20 bits per heavy atom. The lowest BCUT2D eigenvalue weighted by molar-refractivity contribution is 0.0843. The molecule has 1 aromatic carbocycles. The number of phenols is 1. The van der Waals surface area contributed by atoms with Crippen molar-refractivity contribution in [1.82, 2.24) is 0 Å². The van der Waals surface area contributed by atoms with E-state index in [0.717, 1.165) is 0 Å². The fourth-order valence-electron chi connectivity index (χ4n) is 1.60. The summed E-state index contributed by atoms with van der Waals surface area (Å²) in [6.45, 7) is 0.346. The van der Waals surface area contributed by atoms with Gasteiger partial charge in [-0.25, -0.2) is 0 Å². The first-order valence-corrected chi connectivity index (χ1v) is 5.82. The van der Waals surface area contributed by atoms with E-state index < -0.39 is 6.10 Å². The summed E-state index contributed by atoms with van der Waals surface area (Å²) < 4.78 is 10.7. The molecule has 4 heteroatoms. The number of phenolic OH excluding ortho intramolecular Hbond substituents is 1. The number of hydrogen-bond donors (Lipinski definition) is 2. The van der Waals surface area contributed by atoms with Crippen molar-refractivity contribution in [3.63, 3.8) is 0 Å². The maximum absolute atomic E-state index is 9.93. The second kappa shape index (κ2) is 7.77. The molecule has 3 N–H and O–H groups in total. The number of nitrogens with two attached hydrogens (primary N) is 1. The molecule has 1 atom stereocenters. The minimum absolute atomic E-state index is 0.0134. The highest BCUT2D eigenvalue weighted by Gasteiger charge is 2.16. The third kappa shape index (κ3) is 3.70. The van der Waals surface area contributed by atoms with Crippen LogP contribution >= 0.6 is 0 Å². The van der Waals surface area contributed by atoms with Gasteiger partial charge in [-0.1, -0.05) is 17.8 Å². The number of benzene rings is 1. The Labute approximate surface area is 118 Å². The van der Waals surface area contributed by atoms with Gasteiger partial charge < -0.3 is 20.3 Å². The third-order valence-electron chi connectivity index (χ3n) is 2.52. The first-order chi connectivity index (χ1) is 9.67. The smallest absolute Gasteiger partial charge is 0.173 e. The monoisotopic (exact) mass is 269 g/mol. The van der Waals surface area contributed by atoms with E-state index in [1.165, 1.54) is 0 Å². The number of hydrogen-bond acceptors (Lipinski definition) is 4. The quantitative estimate of drug-likeness (QED) is 0.757. The molecular formula is C16H15NO3. The molecule has 0 heterocycles. The van der Waals surface area contributed by atoms with Gasteiger partial charge in [0.05, 0.1) is 11.7 Å². The second-order valence-corrected chi connectivity index (χ2v) is 3.79. The predicted octanol–water partition coefficient (Wildman–Crippen LogP) is 1.04. The van der Waals surface area contributed by atoms with Gasteiger partial charge in [0.2, 0.25) is 0 Å². The van der Waals surface area contributed by atoms with Crippen molar-refractivity contribution < 1.29 is 14.6 Å². The Morgan fingerprint density at radius 3 is 2.45 bits per heavy atom. The lowest BCUT2D eigenvalue weighted by Gasteiger charge is -2.17. The van der Waals surface area contributed by atoms with Crippen LogP contribution in [0.3, 0.4) is 0 Å². The van der Waals surface area contributed by atoms with Crippen molar-refractivity contribution in [2.75, 3.05) is 19.8 Å². The van der Waals surface area contributed by atoms with Gasteiger partial charge >= 0.3 is 0 Å². The van der Waals surface area contributed by atoms with Crippen molar-refractivity contribution in [1.29, 1.82) is 0 Å². The first kappa shape index (κ1) is 15.5. The largest absolute Gasteiger partial charge is 0.503 e. The van der Waals surface area contributed by atoms with E-state index >= 15 is 0 Å². The van der Waals surface area contributed by atoms with Crippen LogP contribution in [0.5, 0.6) is 11.5 Å². The molecule has 0 fully saturated rings. The first-order valence-electron chi connectivity index (χ1n) is 5.82. The van der Waals surface area contributed by atoms with E-state index in [9.17, 15) is 5.11 Å². The molecule has 4 nitrogen and oxygen atoms in total. The molecule has 0 saturated carbocycles. The van der Waals surface area contributed by atoms with Gasteiger partial charge in [-0.15, -0.1) is 19.3 Å². The standard InChI is InChI=1S/C16H15NO3/c1-4-7-19-14-10-13(9-12(6-3)16(14)18)15(11-17)20-8-5-2/h1-3,9-10,15,18H,7-8,11,17H2. The van der Waals surface area contributed by atoms with E-state index in [-0.39, 0.29) is 36.8 Å². The predicted molar refractivity (Wildman–Crippen MR) is 77.0 cm³/mol. The zero-order valence-electron chi connectivity index (χ0n) is 10.9. The van der Waals surface area contributed by atoms with Crippen LogP contribution in [-0.4, -0.2) is 24.9 Å². The Balaban J connectivity index is 3.17. The molecule has 0 bridgehead atoms. The van der Waals surface area contributed by atoms with Crippen molar-refractivity contribution >= 4 is 0 Å². The Kier molecular flexibility index (Phi) is 6.01. The third-order valence-corrected chi connectivity index (χ3v) is 2.52. The summed E-state index contributed by atoms with van der Waals surface area (Å²) >= 11 is 0. The number of ether oxygens (including phenoxy) is 2. The molecule has 102 valence electrons. The number of terminal acetylenes is 3. The molecule has 0 spiro atoms. The van der Waals surface area contributed by atoms with E-state index in [1.807, 2.05) is 0 Å². The topological polar surface area (TPSA) is 64.7 Å². The van der Waals surface area contributed by atoms with Crippen LogP contribution in [0.15, 0.2) is 12.1 Å². The van der Waals surface area contributed by atoms with Crippen LogP contribution in [0.1, 0.15) is 17.2 Å². The van der Waals surface area contributed by atoms with Crippen LogP contribution in [0, 0.1) is 37.0 Å². The summed E-state index contributed by atoms with van der Waals surface area (Å²) in [5.74, 6) is 7.10. The van der Waals surface area contributed by atoms with Gasteiger partial charge in [0.25, 0.3) is 0 Å². The average Bonchev–Trinajstić information content (AvgIpc) is 2.47. The normalized spacial score (nSPS) is 10.9. The van der Waals surface area contributed by atoms with Crippen molar-refractivity contribution in [2.24, 2.45) is 5.73 Å². The summed E-state index contributed by atoms with van der Waals surface area (Å²) in [5.41, 5.74) is 6.59. The Hall–Kier alpha value is -2.58. The molecule has 0 saturated heterocycles. The molecule has 0 aromatic heterocycles. The highest BCUT2D eigenvalue weighted by molar-refractivity contribution is 5.55. The number of aromatic hydroxyl groups is 1. The fourth-order valence-corrected chi connectivity index (χ4v) is 1.60. The molecule has 0 amide bonds. The van der Waals surface area contributed by atoms with Gasteiger partial charge in [-0.2, -0.15) is 0 Å². The lowest BCUT2D eigenvalue weighted by Crippen LogP contribution is -2.16. The Bertz CT molecular complexity index is 587. The van der Waals surface area contributed by atoms with Crippen LogP contribution in [0.4, 0.5) is 0 Å². The maximum atomic E-state index is 9.93. The molecule has 0 aliphatic carbocycles. The summed E-state index contributed by atoms with van der Waals surface area (Å²) in [7, 11) is 0. The summed E-state index contributed by atoms with van der Waals surface area (Å²) in [6, 6.07) is 3.19. The Morgan fingerprint density at radius 2 is 1.90 bits per heavy atom. The van der Waals surface area contributed by atoms with Gasteiger partial charge in [-0.3, -0.25) is 0 Å². The second-order valence-electron chi connectivity index (χ2n) is 3.79. The van der Waals surface area contributed by atoms with Gasteiger partial charge in [0, 0.05) is 6.54 Å². The average molecular weight is 269 g/mol. The highest BCUT2D eigenvalue weighted by Crippen LogP contribution is 2.34. The van der Waals surface area contributed by atoms with E-state index in [1.54, 1.807) is 12.1 Å². The molecule has 0 aliphatic rings. The maximum Gasteiger partial charge on any atom is 0.173 e. The highest BCUT2D eigenvalue weighted by atomic mass is 16.5. The summed E-state index contributed by atoms with van der Waals surface area (Å²) in [4.78, 5) is 0. The van der Waals surface area contributed by atoms with Crippen molar-refractivity contribution in [2.45, 2.75) is 6.10 Å². The zero-order chi connectivity index (χ0) is 15.0. The molecule has 0 radical (unpaired) electrons. The van der Waals surface area contributed by atoms with Crippen LogP contribution in [0.25, 0.3) is 0 Å². The van der Waals surface area contributed by atoms with Crippen LogP contribution in [0.2, 0.25) is 0 Å². The van der Waals surface area contributed by atoms with Crippen molar-refractivity contribution in [3.05, 3.63) is 23.3 Å². The van der Waals surface area contributed by atoms with Crippen LogP contribution < -0.4 is 10.5 Å². The molecular weight excluding hydrogens is 254 g/mol. The minimum Gasteiger partial charge on any atom is -0.503 e. The molecule has 1 unspecified atom stereocenters. The molecule has 1 rings (SSSR count). The van der Waals surface area contributed by atoms with Gasteiger partial charge in [-0.05, 0) is 17.7 Å². The fraction of sp³-hybridized carbons (Fsp3) is 0.250. The van der Waals surface area contributed by atoms with E-state index in [4.69, 9.17) is 34.5 Å². The van der Waals surface area contributed by atoms with Gasteiger partial charge in [0.15, 0.2) is 11.5 Å². The molecule has 20 heavy (non-hydrogen) atoms. The SMILES string of the molecule is C#CCOc1cc(C(CN)OCC#C)cc(C#C)c1O. The molecule has 0 aliphatic heterocycles. The van der Waals surface area contributed by atoms with Crippen LogP contribution in [-0.2, 0) is 4.74 Å². The molecule has 1 aromatic rings. The number of rotatable bonds is 6. The van der Waals surface area contributed by atoms with Gasteiger partial charge in [0.1, 0.15) is 13.2 Å². The van der Waals surface area contributed by atoms with E-state index in [0.29, 0.717) is 5.56 Å². The van der Waals surface area contributed by atoms with E-state index in [2.05, 4.69) is 17.8 Å². The summed E-state index contributed by atoms with van der Waals surface area (Å²) in [5, 5.41) is 9.93. The minimum atomic E-state index is -0.438. The van der Waals surface area contributed by atoms with Crippen molar-refractivity contribution in [3.8, 4) is 48.5 Å². The zero-order valence-corrected chi connectivity index (χ0v) is 10.9. The lowest BCUT2D eigenvalue weighted by atomic mass is 10.0.